The van der Waals surface area contributed by atoms with Crippen molar-refractivity contribution in [3.8, 4) is 23.0 Å². The first-order valence-electron chi connectivity index (χ1n) is 6.68. The summed E-state index contributed by atoms with van der Waals surface area (Å²) in [7, 11) is 3.02. The largest absolute Gasteiger partial charge is 0.490 e. The molecule has 0 radical (unpaired) electrons. The molecule has 114 valence electrons. The first-order valence-corrected chi connectivity index (χ1v) is 6.68. The van der Waals surface area contributed by atoms with Gasteiger partial charge in [0.15, 0.2) is 11.5 Å². The highest BCUT2D eigenvalue weighted by atomic mass is 16.6. The van der Waals surface area contributed by atoms with Crippen LogP contribution in [0.4, 0.5) is 0 Å². The monoisotopic (exact) mass is 292 g/mol. The van der Waals surface area contributed by atoms with Gasteiger partial charge in [-0.1, -0.05) is 26.5 Å². The molecule has 1 aromatic carbocycles. The molecular weight excluding hydrogens is 272 g/mol. The van der Waals surface area contributed by atoms with Gasteiger partial charge in [0.1, 0.15) is 6.61 Å². The molecule has 0 fully saturated rings. The number of esters is 1. The lowest BCUT2D eigenvalue weighted by atomic mass is 9.79. The van der Waals surface area contributed by atoms with Crippen LogP contribution in [0.3, 0.4) is 0 Å². The third kappa shape index (κ3) is 2.68. The summed E-state index contributed by atoms with van der Waals surface area (Å²) in [5, 5.41) is 0. The van der Waals surface area contributed by atoms with Gasteiger partial charge in [0.2, 0.25) is 11.5 Å². The van der Waals surface area contributed by atoms with Crippen LogP contribution in [0.15, 0.2) is 18.7 Å². The predicted molar refractivity (Wildman–Crippen MR) is 78.5 cm³/mol. The van der Waals surface area contributed by atoms with Gasteiger partial charge in [-0.2, -0.15) is 0 Å². The highest BCUT2D eigenvalue weighted by Crippen LogP contribution is 2.52. The molecule has 0 spiro atoms. The van der Waals surface area contributed by atoms with E-state index in [0.29, 0.717) is 36.0 Å². The van der Waals surface area contributed by atoms with Crippen LogP contribution in [0.5, 0.6) is 23.0 Å². The maximum atomic E-state index is 11.8. The van der Waals surface area contributed by atoms with Crippen LogP contribution >= 0.6 is 0 Å². The van der Waals surface area contributed by atoms with Crippen molar-refractivity contribution in [2.24, 2.45) is 0 Å². The minimum atomic E-state index is -0.365. The summed E-state index contributed by atoms with van der Waals surface area (Å²) in [6.07, 6.45) is 1.95. The summed E-state index contributed by atoms with van der Waals surface area (Å²) < 4.78 is 21.8. The van der Waals surface area contributed by atoms with E-state index in [1.165, 1.54) is 14.2 Å². The fraction of sp³-hybridized carbons (Fsp3) is 0.438. The summed E-state index contributed by atoms with van der Waals surface area (Å²) >= 11 is 0. The molecule has 0 bridgehead atoms. The Bertz CT molecular complexity index is 575. The first-order chi connectivity index (χ1) is 9.94. The van der Waals surface area contributed by atoms with Crippen LogP contribution in [-0.4, -0.2) is 26.8 Å². The van der Waals surface area contributed by atoms with Crippen molar-refractivity contribution >= 4 is 5.97 Å². The molecule has 0 saturated carbocycles. The van der Waals surface area contributed by atoms with Gasteiger partial charge >= 0.3 is 5.97 Å². The van der Waals surface area contributed by atoms with Crippen LogP contribution in [0.1, 0.15) is 25.8 Å². The summed E-state index contributed by atoms with van der Waals surface area (Å²) in [5.74, 6) is 1.44. The second kappa shape index (κ2) is 5.68. The maximum absolute atomic E-state index is 11.8. The van der Waals surface area contributed by atoms with Crippen LogP contribution in [-0.2, 0) is 10.2 Å². The zero-order valence-corrected chi connectivity index (χ0v) is 12.8. The number of carbonyl (C=O) groups excluding carboxylic acids is 1. The molecule has 1 aromatic rings. The van der Waals surface area contributed by atoms with Crippen LogP contribution in [0.25, 0.3) is 0 Å². The lowest BCUT2D eigenvalue weighted by Crippen LogP contribution is -2.31. The second-order valence-corrected chi connectivity index (χ2v) is 5.45. The molecule has 1 aliphatic heterocycles. The van der Waals surface area contributed by atoms with Crippen molar-refractivity contribution in [1.82, 2.24) is 0 Å². The van der Waals surface area contributed by atoms with Gasteiger partial charge in [-0.15, -0.1) is 0 Å². The normalized spacial score (nSPS) is 15.7. The van der Waals surface area contributed by atoms with Crippen LogP contribution in [0, 0.1) is 0 Å². The average Bonchev–Trinajstić information content (AvgIpc) is 2.42. The van der Waals surface area contributed by atoms with Crippen molar-refractivity contribution < 1.29 is 23.7 Å². The number of hydrogen-bond donors (Lipinski definition) is 0. The van der Waals surface area contributed by atoms with Gasteiger partial charge in [-0.25, -0.2) is 0 Å². The zero-order chi connectivity index (χ0) is 15.6. The summed E-state index contributed by atoms with van der Waals surface area (Å²) in [4.78, 5) is 11.8. The topological polar surface area (TPSA) is 54.0 Å². The van der Waals surface area contributed by atoms with E-state index in [-0.39, 0.29) is 11.4 Å². The van der Waals surface area contributed by atoms with Crippen molar-refractivity contribution in [3.63, 3.8) is 0 Å². The molecular formula is C16H20O5. The predicted octanol–water partition coefficient (Wildman–Crippen LogP) is 2.86. The van der Waals surface area contributed by atoms with Gasteiger partial charge in [-0.3, -0.25) is 4.79 Å². The Morgan fingerprint density at radius 1 is 1.33 bits per heavy atom. The van der Waals surface area contributed by atoms with E-state index in [1.54, 1.807) is 6.08 Å². The van der Waals surface area contributed by atoms with E-state index in [4.69, 9.17) is 18.9 Å². The van der Waals surface area contributed by atoms with Crippen molar-refractivity contribution in [2.45, 2.75) is 25.7 Å². The lowest BCUT2D eigenvalue weighted by molar-refractivity contribution is -0.137. The average molecular weight is 292 g/mol. The lowest BCUT2D eigenvalue weighted by Gasteiger charge is -2.32. The molecule has 0 aromatic heterocycles. The molecule has 5 heteroatoms. The summed E-state index contributed by atoms with van der Waals surface area (Å²) in [6, 6.07) is 1.84. The number of ether oxygens (including phenoxy) is 4. The molecule has 1 aliphatic rings. The minimum absolute atomic E-state index is 0.285. The van der Waals surface area contributed by atoms with Gasteiger partial charge in [-0.05, 0) is 6.07 Å². The van der Waals surface area contributed by atoms with Crippen molar-refractivity contribution in [3.05, 3.63) is 24.3 Å². The number of hydrogen-bond acceptors (Lipinski definition) is 5. The number of carbonyl (C=O) groups is 1. The van der Waals surface area contributed by atoms with Crippen molar-refractivity contribution in [1.29, 1.82) is 0 Å². The Balaban J connectivity index is 2.67. The van der Waals surface area contributed by atoms with E-state index < -0.39 is 0 Å². The SMILES string of the molecule is C=CCOc1cc2c(c(OC)c1OC)OC(=O)CC2(C)C. The fourth-order valence-electron chi connectivity index (χ4n) is 2.44. The van der Waals surface area contributed by atoms with E-state index in [0.717, 1.165) is 5.56 Å². The van der Waals surface area contributed by atoms with E-state index >= 15 is 0 Å². The second-order valence-electron chi connectivity index (χ2n) is 5.45. The molecule has 21 heavy (non-hydrogen) atoms. The third-order valence-electron chi connectivity index (χ3n) is 3.45. The van der Waals surface area contributed by atoms with Crippen LogP contribution < -0.4 is 18.9 Å². The quantitative estimate of drug-likeness (QED) is 0.474. The van der Waals surface area contributed by atoms with Gasteiger partial charge in [0.25, 0.3) is 0 Å². The number of rotatable bonds is 5. The highest BCUT2D eigenvalue weighted by molar-refractivity contribution is 5.81. The van der Waals surface area contributed by atoms with E-state index in [1.807, 2.05) is 19.9 Å². The fourth-order valence-corrected chi connectivity index (χ4v) is 2.44. The Hall–Kier alpha value is -2.17. The van der Waals surface area contributed by atoms with E-state index in [2.05, 4.69) is 6.58 Å². The molecule has 0 atom stereocenters. The maximum Gasteiger partial charge on any atom is 0.312 e. The Kier molecular flexibility index (Phi) is 4.11. The van der Waals surface area contributed by atoms with Gasteiger partial charge < -0.3 is 18.9 Å². The molecule has 0 saturated heterocycles. The molecule has 5 nitrogen and oxygen atoms in total. The standard InChI is InChI=1S/C16H20O5/c1-6-7-20-11-8-10-13(15(19-5)14(11)18-4)21-12(17)9-16(10,2)3/h6,8H,1,7,9H2,2-5H3. The first kappa shape index (κ1) is 15.2. The van der Waals surface area contributed by atoms with Gasteiger partial charge in [0.05, 0.1) is 20.6 Å². The number of methoxy groups -OCH3 is 2. The number of benzene rings is 1. The van der Waals surface area contributed by atoms with Crippen LogP contribution in [0.2, 0.25) is 0 Å². The van der Waals surface area contributed by atoms with Crippen molar-refractivity contribution in [2.75, 3.05) is 20.8 Å². The molecule has 0 amide bonds. The summed E-state index contributed by atoms with van der Waals surface area (Å²) in [5.41, 5.74) is 0.495. The highest BCUT2D eigenvalue weighted by Gasteiger charge is 2.38. The summed E-state index contributed by atoms with van der Waals surface area (Å²) in [6.45, 7) is 7.94. The smallest absolute Gasteiger partial charge is 0.312 e. The third-order valence-corrected chi connectivity index (χ3v) is 3.45. The van der Waals surface area contributed by atoms with Gasteiger partial charge in [0, 0.05) is 11.0 Å². The zero-order valence-electron chi connectivity index (χ0n) is 12.8. The Morgan fingerprint density at radius 2 is 2.00 bits per heavy atom. The number of fused-ring (bicyclic) bond motifs is 1. The Labute approximate surface area is 124 Å². The van der Waals surface area contributed by atoms with E-state index in [9.17, 15) is 4.79 Å². The molecule has 0 N–H and O–H groups in total. The Morgan fingerprint density at radius 3 is 2.57 bits per heavy atom. The minimum Gasteiger partial charge on any atom is -0.490 e. The molecule has 0 aliphatic carbocycles. The molecule has 1 heterocycles. The molecule has 0 unspecified atom stereocenters. The molecule has 2 rings (SSSR count).